The molecule has 0 spiro atoms. The van der Waals surface area contributed by atoms with Crippen LogP contribution >= 0.6 is 0 Å². The molecule has 0 radical (unpaired) electrons. The smallest absolute Gasteiger partial charge is 0.258 e. The number of carbonyl (C=O) groups is 2. The van der Waals surface area contributed by atoms with Crippen molar-refractivity contribution in [2.75, 3.05) is 0 Å². The van der Waals surface area contributed by atoms with Crippen LogP contribution in [-0.4, -0.2) is 38.2 Å². The van der Waals surface area contributed by atoms with E-state index in [0.29, 0.717) is 46.1 Å². The SMILES string of the molecule is CC(C)[Si](Oc1ccc(CC2C(=O)C(C3C(=O)C(Cc4ccc(O[Si](C(C)C)(C(C)C)C(C)C)cc4)c4[nH]c5ccccc5c43)c3c2[nH]c2ccccc32)cc1)(C(C)C)C(C)C. The molecule has 6 nitrogen and oxygen atoms in total. The molecule has 8 rings (SSSR count). The highest BCUT2D eigenvalue weighted by atomic mass is 28.4. The first-order valence-corrected chi connectivity index (χ1v) is 27.6. The van der Waals surface area contributed by atoms with Crippen molar-refractivity contribution in [3.05, 3.63) is 131 Å². The van der Waals surface area contributed by atoms with Crippen LogP contribution in [0, 0.1) is 0 Å². The van der Waals surface area contributed by atoms with Gasteiger partial charge in [0.2, 0.25) is 0 Å². The first-order valence-electron chi connectivity index (χ1n) is 23.3. The molecule has 0 saturated heterocycles. The molecule has 2 heterocycles. The van der Waals surface area contributed by atoms with Crippen molar-refractivity contribution in [2.45, 2.75) is 153 Å². The lowest BCUT2D eigenvalue weighted by atomic mass is 9.79. The number of fused-ring (bicyclic) bond motifs is 6. The Bertz CT molecular complexity index is 2360. The van der Waals surface area contributed by atoms with Gasteiger partial charge in [0, 0.05) is 33.2 Å². The molecule has 2 aliphatic carbocycles. The summed E-state index contributed by atoms with van der Waals surface area (Å²) in [7, 11) is -4.25. The number of carbonyl (C=O) groups excluding carboxylic acids is 2. The van der Waals surface area contributed by atoms with Crippen LogP contribution in [0.4, 0.5) is 0 Å². The van der Waals surface area contributed by atoms with Gasteiger partial charge in [-0.2, -0.15) is 0 Å². The third-order valence-electron chi connectivity index (χ3n) is 15.2. The summed E-state index contributed by atoms with van der Waals surface area (Å²) in [5, 5.41) is 2.06. The van der Waals surface area contributed by atoms with Gasteiger partial charge in [0.15, 0.2) is 11.6 Å². The van der Waals surface area contributed by atoms with Crippen molar-refractivity contribution < 1.29 is 18.4 Å². The third kappa shape index (κ3) is 7.13. The van der Waals surface area contributed by atoms with E-state index >= 15 is 9.59 Å². The van der Waals surface area contributed by atoms with E-state index in [2.05, 4.69) is 166 Å². The summed E-state index contributed by atoms with van der Waals surface area (Å²) in [5.74, 6) is 0.0398. The van der Waals surface area contributed by atoms with Crippen molar-refractivity contribution in [3.8, 4) is 11.5 Å². The number of para-hydroxylation sites is 2. The van der Waals surface area contributed by atoms with Crippen LogP contribution in [0.5, 0.6) is 11.5 Å². The fourth-order valence-electron chi connectivity index (χ4n) is 12.6. The van der Waals surface area contributed by atoms with Crippen LogP contribution in [0.3, 0.4) is 0 Å². The van der Waals surface area contributed by atoms with Gasteiger partial charge in [-0.05, 0) is 105 Å². The van der Waals surface area contributed by atoms with E-state index in [0.717, 1.165) is 66.9 Å². The molecule has 2 N–H and O–H groups in total. The Hall–Kier alpha value is -4.67. The Kier molecular flexibility index (Phi) is 11.9. The van der Waals surface area contributed by atoms with Crippen LogP contribution in [-0.2, 0) is 22.4 Å². The van der Waals surface area contributed by atoms with E-state index < -0.39 is 40.3 Å². The molecule has 0 amide bonds. The lowest BCUT2D eigenvalue weighted by Gasteiger charge is -2.42. The third-order valence-corrected chi connectivity index (χ3v) is 27.2. The summed E-state index contributed by atoms with van der Waals surface area (Å²) in [4.78, 5) is 38.0. The molecule has 0 bridgehead atoms. The summed E-state index contributed by atoms with van der Waals surface area (Å²) in [6.07, 6.45) is 1.09. The fourth-order valence-corrected chi connectivity index (χ4v) is 23.1. The van der Waals surface area contributed by atoms with Gasteiger partial charge >= 0.3 is 0 Å². The molecule has 4 aromatic carbocycles. The van der Waals surface area contributed by atoms with Gasteiger partial charge in [-0.1, -0.05) is 144 Å². The Morgan fingerprint density at radius 2 is 0.758 bits per heavy atom. The number of hydrogen-bond donors (Lipinski definition) is 2. The van der Waals surface area contributed by atoms with E-state index in [1.807, 2.05) is 24.3 Å². The van der Waals surface area contributed by atoms with Crippen LogP contribution in [0.25, 0.3) is 21.8 Å². The molecule has 0 fully saturated rings. The maximum absolute atomic E-state index is 15.3. The Morgan fingerprint density at radius 1 is 0.452 bits per heavy atom. The number of H-pyrrole nitrogens is 2. The summed E-state index contributed by atoms with van der Waals surface area (Å²) in [5.41, 5.74) is 10.9. The van der Waals surface area contributed by atoms with Gasteiger partial charge < -0.3 is 18.8 Å². The van der Waals surface area contributed by atoms with Crippen molar-refractivity contribution in [2.24, 2.45) is 0 Å². The molecule has 4 atom stereocenters. The maximum atomic E-state index is 15.3. The second-order valence-electron chi connectivity index (χ2n) is 20.4. The quantitative estimate of drug-likeness (QED) is 0.101. The molecule has 0 saturated carbocycles. The van der Waals surface area contributed by atoms with Crippen LogP contribution < -0.4 is 8.85 Å². The van der Waals surface area contributed by atoms with Gasteiger partial charge in [-0.15, -0.1) is 0 Å². The van der Waals surface area contributed by atoms with E-state index in [9.17, 15) is 0 Å². The van der Waals surface area contributed by atoms with Gasteiger partial charge in [0.05, 0.1) is 23.7 Å². The number of ketones is 2. The van der Waals surface area contributed by atoms with E-state index in [1.54, 1.807) is 0 Å². The number of rotatable bonds is 15. The molecule has 2 aromatic heterocycles. The van der Waals surface area contributed by atoms with Crippen LogP contribution in [0.15, 0.2) is 97.1 Å². The normalized spacial score (nSPS) is 19.4. The van der Waals surface area contributed by atoms with Crippen molar-refractivity contribution in [3.63, 3.8) is 0 Å². The highest BCUT2D eigenvalue weighted by Crippen LogP contribution is 2.57. The Morgan fingerprint density at radius 3 is 1.06 bits per heavy atom. The van der Waals surface area contributed by atoms with Crippen molar-refractivity contribution >= 4 is 50.0 Å². The number of aromatic nitrogens is 2. The fraction of sp³-hybridized carbons (Fsp3) is 0.444. The predicted molar refractivity (Wildman–Crippen MR) is 261 cm³/mol. The first kappa shape index (κ1) is 44.0. The summed E-state index contributed by atoms with van der Waals surface area (Å²) >= 11 is 0. The average molecular weight is 865 g/mol. The van der Waals surface area contributed by atoms with Gasteiger partial charge in [0.25, 0.3) is 16.6 Å². The maximum Gasteiger partial charge on any atom is 0.258 e. The second-order valence-corrected chi connectivity index (χ2v) is 31.1. The number of benzene rings is 4. The summed E-state index contributed by atoms with van der Waals surface area (Å²) in [6, 6.07) is 33.5. The van der Waals surface area contributed by atoms with Crippen LogP contribution in [0.1, 0.15) is 140 Å². The minimum atomic E-state index is -2.12. The van der Waals surface area contributed by atoms with E-state index in [4.69, 9.17) is 8.85 Å². The van der Waals surface area contributed by atoms with E-state index in [1.165, 1.54) is 0 Å². The number of Topliss-reactive ketones (excluding diaryl/α,β-unsaturated/α-hetero) is 2. The van der Waals surface area contributed by atoms with Gasteiger partial charge in [-0.25, -0.2) is 0 Å². The Balaban J connectivity index is 1.13. The minimum Gasteiger partial charge on any atom is -0.543 e. The molecular weight excluding hydrogens is 797 g/mol. The summed E-state index contributed by atoms with van der Waals surface area (Å²) in [6.45, 7) is 27.7. The van der Waals surface area contributed by atoms with Gasteiger partial charge in [0.1, 0.15) is 11.5 Å². The van der Waals surface area contributed by atoms with E-state index in [-0.39, 0.29) is 11.6 Å². The molecule has 326 valence electrons. The topological polar surface area (TPSA) is 84.2 Å². The molecule has 8 heteroatoms. The summed E-state index contributed by atoms with van der Waals surface area (Å²) < 4.78 is 14.0. The lowest BCUT2D eigenvalue weighted by Crippen LogP contribution is -2.50. The van der Waals surface area contributed by atoms with Crippen LogP contribution in [0.2, 0.25) is 33.2 Å². The van der Waals surface area contributed by atoms with Crippen molar-refractivity contribution in [1.82, 2.24) is 9.97 Å². The zero-order valence-corrected chi connectivity index (χ0v) is 41.1. The molecule has 0 aliphatic heterocycles. The predicted octanol–water partition coefficient (Wildman–Crippen LogP) is 14.4. The minimum absolute atomic E-state index is 0.119. The zero-order valence-electron chi connectivity index (χ0n) is 39.1. The number of aromatic amines is 2. The average Bonchev–Trinajstić information content (AvgIpc) is 3.93. The molecular formula is C54H68N2O4Si2. The lowest BCUT2D eigenvalue weighted by molar-refractivity contribution is -0.127. The highest BCUT2D eigenvalue weighted by molar-refractivity contribution is 6.78. The van der Waals surface area contributed by atoms with Crippen molar-refractivity contribution in [1.29, 1.82) is 0 Å². The largest absolute Gasteiger partial charge is 0.543 e. The Labute approximate surface area is 371 Å². The molecule has 4 unspecified atom stereocenters. The number of hydrogen-bond acceptors (Lipinski definition) is 4. The standard InChI is InChI=1S/C54H68N2O4Si2/c1-31(2)61(32(3)4,33(5)6)59-39-25-21-37(22-26-39)29-43-51-47(41-17-13-15-19-45(41)55-51)49(53(43)57)50-48-42-18-14-16-20-46(42)56-52(48)44(54(50)58)30-38-23-27-40(28-24-38)60-62(34(7)8,35(9)10)36(11)12/h13-28,31-36,43-44,49-50,55-56H,29-30H2,1-12H3. The number of nitrogens with one attached hydrogen (secondary N) is 2. The second kappa shape index (κ2) is 16.8. The molecule has 6 aromatic rings. The highest BCUT2D eigenvalue weighted by Gasteiger charge is 2.54. The molecule has 62 heavy (non-hydrogen) atoms. The zero-order chi connectivity index (χ0) is 44.4. The first-order chi connectivity index (χ1) is 29.5. The van der Waals surface area contributed by atoms with Gasteiger partial charge in [-0.3, -0.25) is 9.59 Å². The monoisotopic (exact) mass is 864 g/mol. The molecule has 2 aliphatic rings.